The van der Waals surface area contributed by atoms with Gasteiger partial charge in [0.05, 0.1) is 13.2 Å². The van der Waals surface area contributed by atoms with Crippen LogP contribution in [-0.4, -0.2) is 13.1 Å². The van der Waals surface area contributed by atoms with E-state index in [1.165, 1.54) is 6.07 Å². The minimum absolute atomic E-state index is 0.110. The number of nitrogens with one attached hydrogen (secondary N) is 2. The number of urea groups is 1. The molecule has 1 atom stereocenters. The molecular weight excluding hydrogens is 295 g/mol. The predicted molar refractivity (Wildman–Crippen MR) is 87.8 cm³/mol. The van der Waals surface area contributed by atoms with E-state index in [2.05, 4.69) is 10.6 Å². The molecule has 0 radical (unpaired) electrons. The van der Waals surface area contributed by atoms with Gasteiger partial charge in [-0.3, -0.25) is 0 Å². The van der Waals surface area contributed by atoms with Gasteiger partial charge in [-0.15, -0.1) is 0 Å². The first-order valence-electron chi connectivity index (χ1n) is 7.55. The van der Waals surface area contributed by atoms with Crippen molar-refractivity contribution in [2.45, 2.75) is 25.9 Å². The Hall–Kier alpha value is -2.56. The van der Waals surface area contributed by atoms with Crippen LogP contribution in [0.15, 0.2) is 48.5 Å². The molecule has 0 aliphatic heterocycles. The molecule has 4 nitrogen and oxygen atoms in total. The molecule has 0 aliphatic rings. The number of hydrogen-bond acceptors (Lipinski definition) is 2. The molecule has 0 fully saturated rings. The van der Waals surface area contributed by atoms with Gasteiger partial charge in [0.2, 0.25) is 0 Å². The van der Waals surface area contributed by atoms with Crippen LogP contribution in [0.4, 0.5) is 9.18 Å². The lowest BCUT2D eigenvalue weighted by Crippen LogP contribution is -2.37. The van der Waals surface area contributed by atoms with Crippen molar-refractivity contribution in [1.82, 2.24) is 10.6 Å². The van der Waals surface area contributed by atoms with E-state index < -0.39 is 0 Å². The highest BCUT2D eigenvalue weighted by Crippen LogP contribution is 2.20. The number of methoxy groups -OCH3 is 1. The molecule has 0 heterocycles. The van der Waals surface area contributed by atoms with Crippen LogP contribution in [0.25, 0.3) is 0 Å². The van der Waals surface area contributed by atoms with Crippen LogP contribution in [-0.2, 0) is 6.54 Å². The molecule has 2 rings (SSSR count). The van der Waals surface area contributed by atoms with Crippen LogP contribution in [0.2, 0.25) is 0 Å². The molecule has 0 saturated heterocycles. The van der Waals surface area contributed by atoms with Crippen LogP contribution in [0.1, 0.15) is 30.5 Å². The summed E-state index contributed by atoms with van der Waals surface area (Å²) in [5.74, 6) is 0.447. The van der Waals surface area contributed by atoms with Crippen molar-refractivity contribution >= 4 is 6.03 Å². The molecule has 122 valence electrons. The lowest BCUT2D eigenvalue weighted by molar-refractivity contribution is 0.236. The molecule has 0 spiro atoms. The number of carbonyl (C=O) groups is 1. The van der Waals surface area contributed by atoms with E-state index in [-0.39, 0.29) is 24.4 Å². The Morgan fingerprint density at radius 3 is 2.48 bits per heavy atom. The maximum Gasteiger partial charge on any atom is 0.315 e. The van der Waals surface area contributed by atoms with Crippen molar-refractivity contribution in [2.24, 2.45) is 0 Å². The van der Waals surface area contributed by atoms with Gasteiger partial charge >= 0.3 is 6.03 Å². The zero-order valence-electron chi connectivity index (χ0n) is 13.3. The second-order valence-electron chi connectivity index (χ2n) is 5.15. The third kappa shape index (κ3) is 4.71. The van der Waals surface area contributed by atoms with Crippen LogP contribution in [0, 0.1) is 5.82 Å². The molecule has 5 heteroatoms. The molecule has 0 bridgehead atoms. The number of rotatable bonds is 6. The normalized spacial score (nSPS) is 11.6. The van der Waals surface area contributed by atoms with E-state index in [9.17, 15) is 9.18 Å². The van der Waals surface area contributed by atoms with Gasteiger partial charge in [-0.1, -0.05) is 37.3 Å². The molecule has 0 aromatic heterocycles. The highest BCUT2D eigenvalue weighted by atomic mass is 19.1. The van der Waals surface area contributed by atoms with Crippen molar-refractivity contribution in [3.8, 4) is 5.75 Å². The zero-order chi connectivity index (χ0) is 16.7. The Balaban J connectivity index is 1.92. The van der Waals surface area contributed by atoms with E-state index in [4.69, 9.17) is 4.74 Å². The molecule has 23 heavy (non-hydrogen) atoms. The summed E-state index contributed by atoms with van der Waals surface area (Å²) in [7, 11) is 1.61. The SMILES string of the molecule is CCC(NC(=O)NCc1ccccc1F)c1ccc(OC)cc1. The highest BCUT2D eigenvalue weighted by Gasteiger charge is 2.13. The smallest absolute Gasteiger partial charge is 0.315 e. The summed E-state index contributed by atoms with van der Waals surface area (Å²) in [4.78, 5) is 12.0. The number of hydrogen-bond donors (Lipinski definition) is 2. The van der Waals surface area contributed by atoms with Gasteiger partial charge in [0.25, 0.3) is 0 Å². The maximum absolute atomic E-state index is 13.5. The van der Waals surface area contributed by atoms with Gasteiger partial charge in [-0.2, -0.15) is 0 Å². The number of amides is 2. The molecular formula is C18H21FN2O2. The number of halogens is 1. The van der Waals surface area contributed by atoms with Crippen molar-refractivity contribution in [3.05, 3.63) is 65.5 Å². The minimum atomic E-state index is -0.324. The monoisotopic (exact) mass is 316 g/mol. The molecule has 0 aliphatic carbocycles. The standard InChI is InChI=1S/C18H21FN2O2/c1-3-17(13-8-10-15(23-2)11-9-13)21-18(22)20-12-14-6-4-5-7-16(14)19/h4-11,17H,3,12H2,1-2H3,(H2,20,21,22). The highest BCUT2D eigenvalue weighted by molar-refractivity contribution is 5.74. The summed E-state index contributed by atoms with van der Waals surface area (Å²) < 4.78 is 18.6. The van der Waals surface area contributed by atoms with E-state index >= 15 is 0 Å². The topological polar surface area (TPSA) is 50.4 Å². The van der Waals surface area contributed by atoms with Crippen molar-refractivity contribution < 1.29 is 13.9 Å². The number of carbonyl (C=O) groups excluding carboxylic acids is 1. The van der Waals surface area contributed by atoms with Crippen LogP contribution >= 0.6 is 0 Å². The molecule has 1 unspecified atom stereocenters. The Kier molecular flexibility index (Phi) is 5.97. The second kappa shape index (κ2) is 8.17. The van der Waals surface area contributed by atoms with Gasteiger partial charge in [0.1, 0.15) is 11.6 Å². The van der Waals surface area contributed by atoms with E-state index in [1.807, 2.05) is 31.2 Å². The predicted octanol–water partition coefficient (Wildman–Crippen LogP) is 3.78. The van der Waals surface area contributed by atoms with Crippen molar-refractivity contribution in [3.63, 3.8) is 0 Å². The van der Waals surface area contributed by atoms with Gasteiger partial charge in [0.15, 0.2) is 0 Å². The van der Waals surface area contributed by atoms with Gasteiger partial charge in [0, 0.05) is 12.1 Å². The van der Waals surface area contributed by atoms with Gasteiger partial charge in [-0.05, 0) is 30.2 Å². The third-order valence-electron chi connectivity index (χ3n) is 3.63. The summed E-state index contributed by atoms with van der Waals surface area (Å²) in [6.45, 7) is 2.14. The summed E-state index contributed by atoms with van der Waals surface area (Å²) in [6, 6.07) is 13.5. The van der Waals surface area contributed by atoms with Gasteiger partial charge < -0.3 is 15.4 Å². The quantitative estimate of drug-likeness (QED) is 0.852. The van der Waals surface area contributed by atoms with E-state index in [1.54, 1.807) is 25.3 Å². The van der Waals surface area contributed by atoms with Crippen molar-refractivity contribution in [1.29, 1.82) is 0 Å². The Morgan fingerprint density at radius 2 is 1.87 bits per heavy atom. The summed E-state index contributed by atoms with van der Waals surface area (Å²) in [6.07, 6.45) is 0.749. The molecule has 2 amide bonds. The fourth-order valence-electron chi connectivity index (χ4n) is 2.28. The Morgan fingerprint density at radius 1 is 1.17 bits per heavy atom. The summed E-state index contributed by atoms with van der Waals surface area (Å²) in [5, 5.41) is 5.58. The zero-order valence-corrected chi connectivity index (χ0v) is 13.3. The molecule has 2 aromatic rings. The summed E-state index contributed by atoms with van der Waals surface area (Å²) >= 11 is 0. The number of ether oxygens (including phenoxy) is 1. The Labute approximate surface area is 135 Å². The van der Waals surface area contributed by atoms with Crippen LogP contribution in [0.3, 0.4) is 0 Å². The fraction of sp³-hybridized carbons (Fsp3) is 0.278. The van der Waals surface area contributed by atoms with Crippen molar-refractivity contribution in [2.75, 3.05) is 7.11 Å². The van der Waals surface area contributed by atoms with Crippen LogP contribution < -0.4 is 15.4 Å². The first-order valence-corrected chi connectivity index (χ1v) is 7.55. The first kappa shape index (κ1) is 16.8. The van der Waals surface area contributed by atoms with Gasteiger partial charge in [-0.25, -0.2) is 9.18 Å². The largest absolute Gasteiger partial charge is 0.497 e. The second-order valence-corrected chi connectivity index (χ2v) is 5.15. The van der Waals surface area contributed by atoms with E-state index in [0.29, 0.717) is 5.56 Å². The third-order valence-corrected chi connectivity index (χ3v) is 3.63. The van der Waals surface area contributed by atoms with E-state index in [0.717, 1.165) is 17.7 Å². The molecule has 0 saturated carbocycles. The summed E-state index contributed by atoms with van der Waals surface area (Å²) in [5.41, 5.74) is 1.45. The molecule has 2 aromatic carbocycles. The lowest BCUT2D eigenvalue weighted by atomic mass is 10.0. The fourth-order valence-corrected chi connectivity index (χ4v) is 2.28. The number of benzene rings is 2. The minimum Gasteiger partial charge on any atom is -0.497 e. The average Bonchev–Trinajstić information content (AvgIpc) is 2.59. The van der Waals surface area contributed by atoms with Crippen LogP contribution in [0.5, 0.6) is 5.75 Å². The molecule has 2 N–H and O–H groups in total. The Bertz CT molecular complexity index is 644. The average molecular weight is 316 g/mol. The maximum atomic E-state index is 13.5. The first-order chi connectivity index (χ1) is 11.1. The lowest BCUT2D eigenvalue weighted by Gasteiger charge is -2.18.